The first-order valence-electron chi connectivity index (χ1n) is 8.18. The fourth-order valence-electron chi connectivity index (χ4n) is 2.93. The number of hydrogen-bond donors (Lipinski definition) is 1. The molecular weight excluding hydrogens is 322 g/mol. The summed E-state index contributed by atoms with van der Waals surface area (Å²) in [7, 11) is 0. The smallest absolute Gasteiger partial charge is 0.274 e. The Morgan fingerprint density at radius 2 is 1.76 bits per heavy atom. The Kier molecular flexibility index (Phi) is 3.97. The summed E-state index contributed by atoms with van der Waals surface area (Å²) in [5.74, 6) is 0.725. The van der Waals surface area contributed by atoms with E-state index in [2.05, 4.69) is 10.3 Å². The average molecular weight is 339 g/mol. The number of hydrogen-bond acceptors (Lipinski definition) is 5. The molecule has 0 aliphatic carbocycles. The number of benzene rings is 1. The van der Waals surface area contributed by atoms with Gasteiger partial charge in [-0.2, -0.15) is 0 Å². The molecule has 0 spiro atoms. The lowest BCUT2D eigenvalue weighted by Crippen LogP contribution is -2.29. The number of nitrogens with one attached hydrogen (secondary N) is 1. The largest absolute Gasteiger partial charge is 0.454 e. The molecule has 1 aromatic carbocycles. The number of carbonyl (C=O) groups excluding carboxylic acids is 2. The molecule has 1 saturated heterocycles. The normalized spacial score (nSPS) is 15.3. The number of likely N-dealkylation sites (tertiary alicyclic amines) is 1. The maximum atomic E-state index is 12.4. The third-order valence-electron chi connectivity index (χ3n) is 4.22. The highest BCUT2D eigenvalue weighted by Crippen LogP contribution is 2.34. The Hall–Kier alpha value is -3.09. The first kappa shape index (κ1) is 15.4. The van der Waals surface area contributed by atoms with Crippen molar-refractivity contribution in [1.82, 2.24) is 9.88 Å². The van der Waals surface area contributed by atoms with Crippen LogP contribution >= 0.6 is 0 Å². The molecule has 0 bridgehead atoms. The first-order chi connectivity index (χ1) is 12.2. The molecule has 2 aliphatic rings. The molecule has 2 amide bonds. The van der Waals surface area contributed by atoms with Crippen LogP contribution in [0, 0.1) is 0 Å². The van der Waals surface area contributed by atoms with Gasteiger partial charge >= 0.3 is 0 Å². The van der Waals surface area contributed by atoms with E-state index >= 15 is 0 Å². The number of carbonyl (C=O) groups is 2. The molecule has 2 aromatic rings. The van der Waals surface area contributed by atoms with E-state index in [0.29, 0.717) is 22.9 Å². The molecule has 0 unspecified atom stereocenters. The monoisotopic (exact) mass is 339 g/mol. The van der Waals surface area contributed by atoms with E-state index in [1.165, 1.54) is 0 Å². The number of nitrogens with zero attached hydrogens (tertiary/aromatic N) is 2. The summed E-state index contributed by atoms with van der Waals surface area (Å²) >= 11 is 0. The average Bonchev–Trinajstić information content (AvgIpc) is 3.32. The van der Waals surface area contributed by atoms with Gasteiger partial charge in [-0.3, -0.25) is 9.59 Å². The number of fused-ring (bicyclic) bond motifs is 1. The van der Waals surface area contributed by atoms with Crippen molar-refractivity contribution < 1.29 is 19.1 Å². The molecule has 128 valence electrons. The lowest BCUT2D eigenvalue weighted by atomic mass is 10.2. The van der Waals surface area contributed by atoms with Gasteiger partial charge in [0.15, 0.2) is 11.5 Å². The zero-order valence-corrected chi connectivity index (χ0v) is 13.5. The second kappa shape index (κ2) is 6.43. The molecular formula is C18H17N3O4. The van der Waals surface area contributed by atoms with Gasteiger partial charge in [-0.1, -0.05) is 6.07 Å². The van der Waals surface area contributed by atoms with Gasteiger partial charge in [0.2, 0.25) is 6.79 Å². The molecule has 25 heavy (non-hydrogen) atoms. The van der Waals surface area contributed by atoms with Gasteiger partial charge in [-0.05, 0) is 37.1 Å². The maximum Gasteiger partial charge on any atom is 0.274 e. The van der Waals surface area contributed by atoms with Crippen molar-refractivity contribution in [2.75, 3.05) is 25.2 Å². The summed E-state index contributed by atoms with van der Waals surface area (Å²) in [6.45, 7) is 1.66. The molecule has 1 N–H and O–H groups in total. The highest BCUT2D eigenvalue weighted by molar-refractivity contribution is 6.04. The van der Waals surface area contributed by atoms with E-state index in [-0.39, 0.29) is 24.3 Å². The summed E-state index contributed by atoms with van der Waals surface area (Å²) < 4.78 is 10.5. The van der Waals surface area contributed by atoms with Crippen molar-refractivity contribution in [3.05, 3.63) is 47.8 Å². The van der Waals surface area contributed by atoms with Crippen LogP contribution in [0.4, 0.5) is 5.69 Å². The predicted molar refractivity (Wildman–Crippen MR) is 89.9 cm³/mol. The quantitative estimate of drug-likeness (QED) is 0.928. The zero-order chi connectivity index (χ0) is 17.2. The number of ether oxygens (including phenoxy) is 2. The van der Waals surface area contributed by atoms with Crippen LogP contribution in [0.15, 0.2) is 36.4 Å². The molecule has 0 radical (unpaired) electrons. The van der Waals surface area contributed by atoms with E-state index in [0.717, 1.165) is 25.9 Å². The summed E-state index contributed by atoms with van der Waals surface area (Å²) in [4.78, 5) is 30.8. The number of pyridine rings is 1. The Morgan fingerprint density at radius 3 is 2.60 bits per heavy atom. The first-order valence-corrected chi connectivity index (χ1v) is 8.18. The van der Waals surface area contributed by atoms with E-state index in [1.54, 1.807) is 41.3 Å². The Bertz CT molecular complexity index is 831. The van der Waals surface area contributed by atoms with Crippen LogP contribution in [0.2, 0.25) is 0 Å². The van der Waals surface area contributed by atoms with Gasteiger partial charge in [-0.25, -0.2) is 4.98 Å². The maximum absolute atomic E-state index is 12.4. The molecule has 0 atom stereocenters. The van der Waals surface area contributed by atoms with Crippen molar-refractivity contribution in [2.45, 2.75) is 12.8 Å². The minimum Gasteiger partial charge on any atom is -0.454 e. The summed E-state index contributed by atoms with van der Waals surface area (Å²) in [5, 5.41) is 2.76. The number of anilines is 1. The Labute approximate surface area is 144 Å². The van der Waals surface area contributed by atoms with Crippen LogP contribution in [-0.2, 0) is 0 Å². The summed E-state index contributed by atoms with van der Waals surface area (Å²) in [6, 6.07) is 10.1. The molecule has 7 nitrogen and oxygen atoms in total. The lowest BCUT2D eigenvalue weighted by molar-refractivity contribution is 0.0787. The molecule has 0 saturated carbocycles. The molecule has 4 rings (SSSR count). The molecule has 1 aromatic heterocycles. The standard InChI is InChI=1S/C18H17N3O4/c22-17(19-12-6-7-15-16(10-12)25-11-24-15)13-4-3-5-14(20-13)18(23)21-8-1-2-9-21/h3-7,10H,1-2,8-9,11H2,(H,19,22). The summed E-state index contributed by atoms with van der Waals surface area (Å²) in [6.07, 6.45) is 2.02. The van der Waals surface area contributed by atoms with E-state index in [4.69, 9.17) is 9.47 Å². The van der Waals surface area contributed by atoms with E-state index in [9.17, 15) is 9.59 Å². The third kappa shape index (κ3) is 3.13. The second-order valence-electron chi connectivity index (χ2n) is 5.93. The molecule has 2 aliphatic heterocycles. The lowest BCUT2D eigenvalue weighted by Gasteiger charge is -2.14. The highest BCUT2D eigenvalue weighted by atomic mass is 16.7. The van der Waals surface area contributed by atoms with Crippen LogP contribution in [0.1, 0.15) is 33.8 Å². The number of aromatic nitrogens is 1. The van der Waals surface area contributed by atoms with Crippen molar-refractivity contribution >= 4 is 17.5 Å². The highest BCUT2D eigenvalue weighted by Gasteiger charge is 2.21. The molecule has 7 heteroatoms. The van der Waals surface area contributed by atoms with Crippen molar-refractivity contribution in [3.8, 4) is 11.5 Å². The second-order valence-corrected chi connectivity index (χ2v) is 5.93. The Balaban J connectivity index is 1.50. The van der Waals surface area contributed by atoms with Gasteiger partial charge < -0.3 is 19.7 Å². The van der Waals surface area contributed by atoms with Crippen LogP contribution in [-0.4, -0.2) is 41.6 Å². The van der Waals surface area contributed by atoms with Crippen LogP contribution in [0.3, 0.4) is 0 Å². The van der Waals surface area contributed by atoms with Gasteiger partial charge in [-0.15, -0.1) is 0 Å². The Morgan fingerprint density at radius 1 is 1.00 bits per heavy atom. The SMILES string of the molecule is O=C(Nc1ccc2c(c1)OCO2)c1cccc(C(=O)N2CCCC2)n1. The minimum absolute atomic E-state index is 0.129. The topological polar surface area (TPSA) is 80.8 Å². The van der Waals surface area contributed by atoms with Crippen LogP contribution in [0.25, 0.3) is 0 Å². The molecule has 1 fully saturated rings. The fourth-order valence-corrected chi connectivity index (χ4v) is 2.93. The minimum atomic E-state index is -0.380. The van der Waals surface area contributed by atoms with Crippen molar-refractivity contribution in [3.63, 3.8) is 0 Å². The number of amides is 2. The van der Waals surface area contributed by atoms with E-state index in [1.807, 2.05) is 0 Å². The van der Waals surface area contributed by atoms with Gasteiger partial charge in [0.05, 0.1) is 0 Å². The summed E-state index contributed by atoms with van der Waals surface area (Å²) in [5.41, 5.74) is 1.07. The number of rotatable bonds is 3. The van der Waals surface area contributed by atoms with Crippen molar-refractivity contribution in [1.29, 1.82) is 0 Å². The van der Waals surface area contributed by atoms with Crippen molar-refractivity contribution in [2.24, 2.45) is 0 Å². The molecule has 3 heterocycles. The van der Waals surface area contributed by atoms with Crippen LogP contribution in [0.5, 0.6) is 11.5 Å². The van der Waals surface area contributed by atoms with Crippen LogP contribution < -0.4 is 14.8 Å². The fraction of sp³-hybridized carbons (Fsp3) is 0.278. The predicted octanol–water partition coefficient (Wildman–Crippen LogP) is 2.30. The van der Waals surface area contributed by atoms with Gasteiger partial charge in [0.25, 0.3) is 11.8 Å². The van der Waals surface area contributed by atoms with Gasteiger partial charge in [0.1, 0.15) is 11.4 Å². The van der Waals surface area contributed by atoms with Gasteiger partial charge in [0, 0.05) is 24.8 Å². The third-order valence-corrected chi connectivity index (χ3v) is 4.22. The zero-order valence-electron chi connectivity index (χ0n) is 13.5. The van der Waals surface area contributed by atoms with E-state index < -0.39 is 0 Å².